The Labute approximate surface area is 103 Å². The van der Waals surface area contributed by atoms with Crippen molar-refractivity contribution in [2.75, 3.05) is 13.1 Å². The van der Waals surface area contributed by atoms with Gasteiger partial charge in [-0.15, -0.1) is 11.3 Å². The molecule has 1 N–H and O–H groups in total. The third-order valence-electron chi connectivity index (χ3n) is 2.14. The molecule has 86 valence electrons. The second-order valence-corrected chi connectivity index (χ2v) is 5.04. The van der Waals surface area contributed by atoms with Crippen LogP contribution in [0.5, 0.6) is 0 Å². The van der Waals surface area contributed by atoms with Crippen LogP contribution in [0.15, 0.2) is 22.7 Å². The second kappa shape index (κ2) is 5.48. The molecule has 0 saturated carbocycles. The fourth-order valence-corrected chi connectivity index (χ4v) is 2.35. The summed E-state index contributed by atoms with van der Waals surface area (Å²) in [6.45, 7) is 3.93. The average molecular weight is 257 g/mol. The topological polar surface area (TPSA) is 38.1 Å². The molecule has 0 atom stereocenters. The number of likely N-dealkylation sites (N-methyl/N-ethyl adjacent to an activating group) is 1. The summed E-state index contributed by atoms with van der Waals surface area (Å²) in [7, 11) is 0. The van der Waals surface area contributed by atoms with E-state index in [1.165, 1.54) is 11.3 Å². The average Bonchev–Trinajstić information content (AvgIpc) is 2.87. The first-order chi connectivity index (χ1) is 7.79. The van der Waals surface area contributed by atoms with Gasteiger partial charge in [0.25, 0.3) is 0 Å². The number of aromatic nitrogens is 1. The van der Waals surface area contributed by atoms with Gasteiger partial charge in [0.05, 0.1) is 15.4 Å². The number of thiophene rings is 1. The van der Waals surface area contributed by atoms with Crippen molar-refractivity contribution in [2.45, 2.75) is 13.3 Å². The summed E-state index contributed by atoms with van der Waals surface area (Å²) in [5, 5.41) is 3.23. The minimum atomic E-state index is 0.764. The molecule has 0 aliphatic heterocycles. The Bertz CT molecular complexity index is 452. The molecule has 16 heavy (non-hydrogen) atoms. The smallest absolute Gasteiger partial charge is 0.196 e. The molecular formula is C11H13ClN2OS. The van der Waals surface area contributed by atoms with Gasteiger partial charge < -0.3 is 9.73 Å². The van der Waals surface area contributed by atoms with Crippen LogP contribution in [0.1, 0.15) is 12.8 Å². The van der Waals surface area contributed by atoms with Gasteiger partial charge in [-0.3, -0.25) is 0 Å². The van der Waals surface area contributed by atoms with Crippen LogP contribution in [0.2, 0.25) is 4.34 Å². The zero-order chi connectivity index (χ0) is 11.4. The van der Waals surface area contributed by atoms with Crippen LogP contribution in [-0.4, -0.2) is 18.1 Å². The molecule has 2 heterocycles. The van der Waals surface area contributed by atoms with Gasteiger partial charge in [0.1, 0.15) is 0 Å². The number of hydrogen-bond donors (Lipinski definition) is 1. The maximum Gasteiger partial charge on any atom is 0.196 e. The first-order valence-electron chi connectivity index (χ1n) is 5.20. The van der Waals surface area contributed by atoms with Crippen LogP contribution in [0.3, 0.4) is 0 Å². The van der Waals surface area contributed by atoms with Crippen LogP contribution >= 0.6 is 22.9 Å². The Balaban J connectivity index is 2.02. The maximum atomic E-state index is 5.87. The van der Waals surface area contributed by atoms with E-state index >= 15 is 0 Å². The fourth-order valence-electron chi connectivity index (χ4n) is 1.36. The van der Waals surface area contributed by atoms with E-state index < -0.39 is 0 Å². The van der Waals surface area contributed by atoms with Crippen molar-refractivity contribution in [1.29, 1.82) is 0 Å². The molecule has 0 fully saturated rings. The summed E-state index contributed by atoms with van der Waals surface area (Å²) in [6.07, 6.45) is 2.57. The molecule has 5 heteroatoms. The van der Waals surface area contributed by atoms with Crippen molar-refractivity contribution in [3.8, 4) is 10.6 Å². The lowest BCUT2D eigenvalue weighted by atomic mass is 10.4. The number of halogens is 1. The lowest BCUT2D eigenvalue weighted by molar-refractivity contribution is 0.498. The first-order valence-corrected chi connectivity index (χ1v) is 6.40. The number of hydrogen-bond acceptors (Lipinski definition) is 4. The Morgan fingerprint density at radius 3 is 3.06 bits per heavy atom. The quantitative estimate of drug-likeness (QED) is 0.835. The van der Waals surface area contributed by atoms with E-state index in [0.29, 0.717) is 0 Å². The fraction of sp³-hybridized carbons (Fsp3) is 0.364. The lowest BCUT2D eigenvalue weighted by Gasteiger charge is -1.96. The highest BCUT2D eigenvalue weighted by Gasteiger charge is 2.08. The van der Waals surface area contributed by atoms with Crippen LogP contribution in [0.4, 0.5) is 0 Å². The van der Waals surface area contributed by atoms with Crippen molar-refractivity contribution >= 4 is 22.9 Å². The number of nitrogens with one attached hydrogen (secondary N) is 1. The monoisotopic (exact) mass is 256 g/mol. The van der Waals surface area contributed by atoms with Gasteiger partial charge in [0, 0.05) is 13.0 Å². The molecule has 0 spiro atoms. The van der Waals surface area contributed by atoms with Gasteiger partial charge in [-0.25, -0.2) is 4.98 Å². The molecule has 0 unspecified atom stereocenters. The van der Waals surface area contributed by atoms with E-state index in [9.17, 15) is 0 Å². The predicted molar refractivity (Wildman–Crippen MR) is 67.1 cm³/mol. The highest BCUT2D eigenvalue weighted by atomic mass is 35.5. The van der Waals surface area contributed by atoms with Crippen molar-refractivity contribution in [2.24, 2.45) is 0 Å². The van der Waals surface area contributed by atoms with Gasteiger partial charge in [-0.1, -0.05) is 18.5 Å². The third-order valence-corrected chi connectivity index (χ3v) is 3.38. The summed E-state index contributed by atoms with van der Waals surface area (Å²) in [5.74, 6) is 1.56. The van der Waals surface area contributed by atoms with Crippen LogP contribution in [0, 0.1) is 0 Å². The second-order valence-electron chi connectivity index (χ2n) is 3.33. The molecule has 0 bridgehead atoms. The Kier molecular flexibility index (Phi) is 3.98. The van der Waals surface area contributed by atoms with Crippen LogP contribution in [0.25, 0.3) is 10.6 Å². The Morgan fingerprint density at radius 1 is 1.50 bits per heavy atom. The number of nitrogens with zero attached hydrogens (tertiary/aromatic N) is 1. The Morgan fingerprint density at radius 2 is 2.38 bits per heavy atom. The molecule has 2 rings (SSSR count). The van der Waals surface area contributed by atoms with Gasteiger partial charge in [0.2, 0.25) is 0 Å². The van der Waals surface area contributed by atoms with Gasteiger partial charge in [-0.05, 0) is 18.7 Å². The number of oxazole rings is 1. The van der Waals surface area contributed by atoms with Crippen LogP contribution < -0.4 is 5.32 Å². The van der Waals surface area contributed by atoms with E-state index in [0.717, 1.165) is 40.4 Å². The third kappa shape index (κ3) is 2.84. The predicted octanol–water partition coefficient (Wildman–Crippen LogP) is 3.21. The molecule has 0 aliphatic rings. The molecule has 0 saturated heterocycles. The Hall–Kier alpha value is -0.840. The highest BCUT2D eigenvalue weighted by molar-refractivity contribution is 7.19. The minimum Gasteiger partial charge on any atom is -0.440 e. The van der Waals surface area contributed by atoms with Crippen molar-refractivity contribution in [3.63, 3.8) is 0 Å². The van der Waals surface area contributed by atoms with Crippen molar-refractivity contribution < 1.29 is 4.42 Å². The largest absolute Gasteiger partial charge is 0.440 e. The first kappa shape index (κ1) is 11.6. The zero-order valence-electron chi connectivity index (χ0n) is 9.00. The van der Waals surface area contributed by atoms with Crippen molar-refractivity contribution in [3.05, 3.63) is 28.6 Å². The molecule has 2 aromatic heterocycles. The SMILES string of the molecule is CCNCCc1ncc(-c2ccc(Cl)s2)o1. The van der Waals surface area contributed by atoms with Gasteiger partial charge in [0.15, 0.2) is 11.7 Å². The molecule has 0 amide bonds. The van der Waals surface area contributed by atoms with E-state index in [1.54, 1.807) is 6.20 Å². The van der Waals surface area contributed by atoms with E-state index in [1.807, 2.05) is 12.1 Å². The van der Waals surface area contributed by atoms with Gasteiger partial charge >= 0.3 is 0 Å². The highest BCUT2D eigenvalue weighted by Crippen LogP contribution is 2.31. The minimum absolute atomic E-state index is 0.764. The molecule has 3 nitrogen and oxygen atoms in total. The number of rotatable bonds is 5. The summed E-state index contributed by atoms with van der Waals surface area (Å²) >= 11 is 7.36. The summed E-state index contributed by atoms with van der Waals surface area (Å²) in [6, 6.07) is 3.81. The zero-order valence-corrected chi connectivity index (χ0v) is 10.6. The maximum absolute atomic E-state index is 5.87. The van der Waals surface area contributed by atoms with Crippen LogP contribution in [-0.2, 0) is 6.42 Å². The van der Waals surface area contributed by atoms with E-state index in [2.05, 4.69) is 17.2 Å². The van der Waals surface area contributed by atoms with E-state index in [4.69, 9.17) is 16.0 Å². The van der Waals surface area contributed by atoms with Crippen molar-refractivity contribution in [1.82, 2.24) is 10.3 Å². The standard InChI is InChI=1S/C11H13ClN2OS/c1-2-13-6-5-11-14-7-8(15-11)9-3-4-10(12)16-9/h3-4,7,13H,2,5-6H2,1H3. The molecular weight excluding hydrogens is 244 g/mol. The molecule has 2 aromatic rings. The summed E-state index contributed by atoms with van der Waals surface area (Å²) in [4.78, 5) is 5.25. The molecule has 0 radical (unpaired) electrons. The van der Waals surface area contributed by atoms with Gasteiger partial charge in [-0.2, -0.15) is 0 Å². The lowest BCUT2D eigenvalue weighted by Crippen LogP contribution is -2.16. The van der Waals surface area contributed by atoms with E-state index in [-0.39, 0.29) is 0 Å². The summed E-state index contributed by atoms with van der Waals surface area (Å²) in [5.41, 5.74) is 0. The normalized spacial score (nSPS) is 10.9. The summed E-state index contributed by atoms with van der Waals surface area (Å²) < 4.78 is 6.39. The molecule has 0 aromatic carbocycles. The molecule has 0 aliphatic carbocycles.